The van der Waals surface area contributed by atoms with Crippen molar-refractivity contribution in [2.24, 2.45) is 23.7 Å². The van der Waals surface area contributed by atoms with Gasteiger partial charge in [0.15, 0.2) is 0 Å². The number of piperidine rings is 1. The molecule has 0 radical (unpaired) electrons. The Morgan fingerprint density at radius 1 is 0.635 bits per heavy atom. The first-order chi connectivity index (χ1) is 44.8. The van der Waals surface area contributed by atoms with Crippen molar-refractivity contribution in [2.45, 2.75) is 212 Å². The molecule has 5 rings (SSSR count). The van der Waals surface area contributed by atoms with Crippen molar-refractivity contribution in [3.05, 3.63) is 35.1 Å². The van der Waals surface area contributed by atoms with E-state index in [4.69, 9.17) is 0 Å². The van der Waals surface area contributed by atoms with E-state index in [0.29, 0.717) is 44.5 Å². The molecular formula is C68H106F4N12O12. The van der Waals surface area contributed by atoms with Crippen molar-refractivity contribution in [2.75, 3.05) is 88.6 Å². The number of benzene rings is 1. The number of carbonyl (C=O) groups excluding carboxylic acids is 12. The summed E-state index contributed by atoms with van der Waals surface area (Å²) in [6.07, 6.45) is 1.31. The van der Waals surface area contributed by atoms with Crippen LogP contribution in [0, 0.1) is 29.5 Å². The van der Waals surface area contributed by atoms with Gasteiger partial charge in [-0.3, -0.25) is 57.5 Å². The van der Waals surface area contributed by atoms with Crippen LogP contribution in [-0.4, -0.2) is 251 Å². The topological polar surface area (TPSA) is 270 Å². The zero-order valence-electron chi connectivity index (χ0n) is 59.1. The molecule has 0 aromatic heterocycles. The average molecular weight is 1360 g/mol. The highest BCUT2D eigenvalue weighted by atomic mass is 19.4. The van der Waals surface area contributed by atoms with E-state index in [-0.39, 0.29) is 62.5 Å². The van der Waals surface area contributed by atoms with Crippen LogP contribution in [-0.2, 0) is 70.1 Å². The van der Waals surface area contributed by atoms with Crippen LogP contribution in [0.2, 0.25) is 0 Å². The Morgan fingerprint density at radius 2 is 1.23 bits per heavy atom. The molecule has 24 nitrogen and oxygen atoms in total. The molecule has 1 unspecified atom stereocenters. The first-order valence-electron chi connectivity index (χ1n) is 34.0. The molecular weight excluding hydrogens is 1250 g/mol. The Bertz CT molecular complexity index is 2970. The molecule has 96 heavy (non-hydrogen) atoms. The van der Waals surface area contributed by atoms with E-state index in [0.717, 1.165) is 69.1 Å². The summed E-state index contributed by atoms with van der Waals surface area (Å²) in [5, 5.41) is 8.29. The van der Waals surface area contributed by atoms with Gasteiger partial charge in [-0.25, -0.2) is 4.39 Å². The van der Waals surface area contributed by atoms with Crippen LogP contribution in [0.1, 0.15) is 163 Å². The van der Waals surface area contributed by atoms with Crippen molar-refractivity contribution in [3.8, 4) is 0 Å². The maximum absolute atomic E-state index is 15.2. The number of halogens is 4. The minimum atomic E-state index is -5.00. The van der Waals surface area contributed by atoms with E-state index < -0.39 is 174 Å². The summed E-state index contributed by atoms with van der Waals surface area (Å²) in [5.74, 6) is -11.4. The number of hydrogen-bond donors (Lipinski definition) is 3. The predicted molar refractivity (Wildman–Crippen MR) is 350 cm³/mol. The molecule has 1 aromatic carbocycles. The first kappa shape index (κ1) is 79.3. The fourth-order valence-corrected chi connectivity index (χ4v) is 13.5. The quantitative estimate of drug-likeness (QED) is 0.260. The van der Waals surface area contributed by atoms with Crippen LogP contribution in [0.5, 0.6) is 0 Å². The van der Waals surface area contributed by atoms with Crippen LogP contribution in [0.25, 0.3) is 0 Å². The van der Waals surface area contributed by atoms with Gasteiger partial charge in [-0.1, -0.05) is 86.1 Å². The minimum Gasteiger partial charge on any atom is -0.343 e. The smallest absolute Gasteiger partial charge is 0.343 e. The molecule has 4 fully saturated rings. The number of likely N-dealkylation sites (N-methyl/N-ethyl adjacent to an activating group) is 7. The van der Waals surface area contributed by atoms with Gasteiger partial charge >= 0.3 is 6.18 Å². The molecule has 3 saturated heterocycles. The monoisotopic (exact) mass is 1360 g/mol. The second-order valence-corrected chi connectivity index (χ2v) is 28.4. The molecule has 1 aliphatic carbocycles. The minimum absolute atomic E-state index is 0.00158. The lowest BCUT2D eigenvalue weighted by Gasteiger charge is -2.41. The van der Waals surface area contributed by atoms with E-state index in [1.807, 2.05) is 20.8 Å². The Hall–Kier alpha value is -7.42. The fourth-order valence-electron chi connectivity index (χ4n) is 13.5. The summed E-state index contributed by atoms with van der Waals surface area (Å²) < 4.78 is 55.9. The van der Waals surface area contributed by atoms with Crippen molar-refractivity contribution in [1.82, 2.24) is 60.0 Å². The van der Waals surface area contributed by atoms with Gasteiger partial charge in [-0.05, 0) is 113 Å². The third-order valence-corrected chi connectivity index (χ3v) is 19.6. The molecule has 0 bridgehead atoms. The molecule has 3 aliphatic heterocycles. The summed E-state index contributed by atoms with van der Waals surface area (Å²) in [6.45, 7) is 12.3. The molecule has 8 atom stereocenters. The zero-order valence-corrected chi connectivity index (χ0v) is 59.1. The molecule has 3 heterocycles. The van der Waals surface area contributed by atoms with Crippen LogP contribution in [0.4, 0.5) is 17.6 Å². The summed E-state index contributed by atoms with van der Waals surface area (Å²) in [7, 11) is 9.61. The molecule has 1 aromatic rings. The van der Waals surface area contributed by atoms with Crippen molar-refractivity contribution in [3.63, 3.8) is 0 Å². The summed E-state index contributed by atoms with van der Waals surface area (Å²) >= 11 is 0. The lowest BCUT2D eigenvalue weighted by molar-refractivity contribution is -0.156. The number of carbonyl (C=O) groups is 12. The van der Waals surface area contributed by atoms with Crippen molar-refractivity contribution >= 4 is 70.9 Å². The van der Waals surface area contributed by atoms with E-state index in [1.54, 1.807) is 25.7 Å². The standard InChI is InChI=1S/C68H106F4N12O12/c1-16-43(6)57-64(94)78(11)39-55(87)76(9)40-56(88)80(13)51(36-44-24-19-17-20-25-44)62(92)77(10)38-53(85)73-48(30-28-45-27-29-46(47(69)35-45)68(70,71)72)61(91)84-33-23-26-49(84)60(90)75-67(7,8)66(96)82(15)58(42(4)5)65(95)81(14)52(63(93)83-31-21-18-22-32-83)37-54(86)79(12)50(34-41(2)3)59(89)74-57/h27,29,35,41-44,48-52,57-58H,16-26,28,30-34,36-40H2,1-15H3,(H,73,85)(H,74,89)(H,75,90)/t43-,48-,49?,50-,51-,52-,57-,58-/m0/s1. The summed E-state index contributed by atoms with van der Waals surface area (Å²) in [6, 6.07) is -6.81. The SMILES string of the molecule is CC[C@H](C)[C@@H]1NC(=O)[C@H](CC(C)C)N(C)C(=O)C[C@@H](C(=O)N2CCCCC2)N(C)C(=O)[C@H](C(C)C)N(C)C(=O)C(C)(C)NC(=O)C2CCCN2C(=O)[C@H](CCc2ccc(C(F)(F)F)c(F)c2)NC(=O)CN(C)C(=O)[C@H](CC2CCCCC2)N(C)C(=O)CN(C)C(=O)CN(C)C1=O. The summed E-state index contributed by atoms with van der Waals surface area (Å²) in [5.41, 5.74) is -3.27. The number of aryl methyl sites for hydroxylation is 1. The van der Waals surface area contributed by atoms with Crippen LogP contribution in [0.3, 0.4) is 0 Å². The number of nitrogens with one attached hydrogen (secondary N) is 3. The Morgan fingerprint density at radius 3 is 1.81 bits per heavy atom. The van der Waals surface area contributed by atoms with Crippen molar-refractivity contribution < 1.29 is 75.1 Å². The largest absolute Gasteiger partial charge is 0.419 e. The normalized spacial score (nSPS) is 25.8. The third-order valence-electron chi connectivity index (χ3n) is 19.6. The number of nitrogens with zero attached hydrogens (tertiary/aromatic N) is 9. The number of hydrogen-bond acceptors (Lipinski definition) is 12. The maximum Gasteiger partial charge on any atom is 0.419 e. The number of amides is 12. The van der Waals surface area contributed by atoms with Gasteiger partial charge in [0, 0.05) is 69.0 Å². The van der Waals surface area contributed by atoms with Crippen molar-refractivity contribution in [1.29, 1.82) is 0 Å². The number of likely N-dealkylation sites (tertiary alicyclic amines) is 1. The van der Waals surface area contributed by atoms with Gasteiger partial charge < -0.3 is 60.0 Å². The van der Waals surface area contributed by atoms with E-state index in [2.05, 4.69) is 16.0 Å². The van der Waals surface area contributed by atoms with Gasteiger partial charge in [-0.15, -0.1) is 0 Å². The van der Waals surface area contributed by atoms with Gasteiger partial charge in [-0.2, -0.15) is 13.2 Å². The number of rotatable bonds is 11. The molecule has 1 saturated carbocycles. The van der Waals surface area contributed by atoms with Gasteiger partial charge in [0.05, 0.1) is 31.6 Å². The highest BCUT2D eigenvalue weighted by Gasteiger charge is 2.47. The number of fused-ring (bicyclic) bond motifs is 1. The second kappa shape index (κ2) is 34.7. The Labute approximate surface area is 563 Å². The van der Waals surface area contributed by atoms with Gasteiger partial charge in [0.25, 0.3) is 0 Å². The molecule has 0 spiro atoms. The molecule has 12 amide bonds. The Kier molecular flexibility index (Phi) is 28.6. The maximum atomic E-state index is 15.2. The zero-order chi connectivity index (χ0) is 72.0. The second-order valence-electron chi connectivity index (χ2n) is 28.4. The van der Waals surface area contributed by atoms with Gasteiger partial charge in [0.1, 0.15) is 53.6 Å². The first-order valence-corrected chi connectivity index (χ1v) is 34.0. The highest BCUT2D eigenvalue weighted by molar-refractivity contribution is 6.00. The fraction of sp³-hybridized carbons (Fsp3) is 0.735. The van der Waals surface area contributed by atoms with E-state index in [9.17, 15) is 70.3 Å². The lowest BCUT2D eigenvalue weighted by atomic mass is 9.84. The van der Waals surface area contributed by atoms with Gasteiger partial charge in [0.2, 0.25) is 70.9 Å². The summed E-state index contributed by atoms with van der Waals surface area (Å²) in [4.78, 5) is 187. The highest BCUT2D eigenvalue weighted by Crippen LogP contribution is 2.33. The third kappa shape index (κ3) is 20.6. The molecule has 4 aliphatic rings. The molecule has 28 heteroatoms. The molecule has 538 valence electrons. The average Bonchev–Trinajstić information content (AvgIpc) is 1.02. The number of alkyl halides is 3. The predicted octanol–water partition coefficient (Wildman–Crippen LogP) is 4.45. The van der Waals surface area contributed by atoms with E-state index in [1.165, 1.54) is 77.9 Å². The van der Waals surface area contributed by atoms with Crippen LogP contribution in [0.15, 0.2) is 18.2 Å². The Balaban J connectivity index is 1.59. The van der Waals surface area contributed by atoms with Crippen LogP contribution >= 0.6 is 0 Å². The van der Waals surface area contributed by atoms with E-state index >= 15 is 4.79 Å². The molecule has 3 N–H and O–H groups in total. The van der Waals surface area contributed by atoms with Crippen LogP contribution < -0.4 is 16.0 Å². The lowest BCUT2D eigenvalue weighted by Crippen LogP contribution is -2.64.